The van der Waals surface area contributed by atoms with Crippen molar-refractivity contribution in [1.29, 1.82) is 0 Å². The molecule has 1 fully saturated rings. The second-order valence-corrected chi connectivity index (χ2v) is 6.31. The fourth-order valence-electron chi connectivity index (χ4n) is 2.78. The lowest BCUT2D eigenvalue weighted by Crippen LogP contribution is -2.46. The largest absolute Gasteiger partial charge is 0.489 e. The van der Waals surface area contributed by atoms with Crippen LogP contribution in [0.1, 0.15) is 32.4 Å². The fraction of sp³-hybridized carbons (Fsp3) is 0.556. The zero-order valence-electron chi connectivity index (χ0n) is 13.8. The van der Waals surface area contributed by atoms with Crippen LogP contribution in [-0.4, -0.2) is 48.5 Å². The normalized spacial score (nSPS) is 24.0. The molecule has 1 N–H and O–H groups in total. The van der Waals surface area contributed by atoms with E-state index in [0.717, 1.165) is 30.0 Å². The van der Waals surface area contributed by atoms with Crippen LogP contribution in [0.5, 0.6) is 5.75 Å². The summed E-state index contributed by atoms with van der Waals surface area (Å²) in [6.45, 7) is 12.8. The first-order chi connectivity index (χ1) is 10.4. The van der Waals surface area contributed by atoms with Gasteiger partial charge in [0.2, 0.25) is 0 Å². The first kappa shape index (κ1) is 17.0. The van der Waals surface area contributed by atoms with Crippen LogP contribution in [0, 0.1) is 0 Å². The number of rotatable bonds is 6. The zero-order chi connectivity index (χ0) is 16.1. The van der Waals surface area contributed by atoms with E-state index >= 15 is 0 Å². The Morgan fingerprint density at radius 3 is 2.45 bits per heavy atom. The smallest absolute Gasteiger partial charge is 0.119 e. The van der Waals surface area contributed by atoms with E-state index in [9.17, 15) is 5.11 Å². The van der Waals surface area contributed by atoms with Crippen molar-refractivity contribution in [2.45, 2.75) is 39.1 Å². The number of morpholine rings is 1. The summed E-state index contributed by atoms with van der Waals surface area (Å²) in [5.41, 5.74) is 1.90. The monoisotopic (exact) mass is 305 g/mol. The molecular formula is C18H27NO3. The SMILES string of the molecule is C=C(C)COc1ccc(C(O)CN2CC(C)OC(C)C2)cc1. The maximum Gasteiger partial charge on any atom is 0.119 e. The predicted octanol–water partition coefficient (Wildman–Crippen LogP) is 2.78. The van der Waals surface area contributed by atoms with Gasteiger partial charge in [-0.05, 0) is 44.0 Å². The second kappa shape index (κ2) is 7.77. The molecule has 1 aliphatic rings. The Labute approximate surface area is 133 Å². The number of aliphatic hydroxyl groups excluding tert-OH is 1. The molecule has 1 aromatic rings. The van der Waals surface area contributed by atoms with E-state index in [1.165, 1.54) is 0 Å². The molecular weight excluding hydrogens is 278 g/mol. The van der Waals surface area contributed by atoms with Gasteiger partial charge < -0.3 is 14.6 Å². The van der Waals surface area contributed by atoms with Crippen LogP contribution < -0.4 is 4.74 Å². The van der Waals surface area contributed by atoms with E-state index in [-0.39, 0.29) is 12.2 Å². The Balaban J connectivity index is 1.89. The van der Waals surface area contributed by atoms with Crippen LogP contribution in [0.4, 0.5) is 0 Å². The Kier molecular flexibility index (Phi) is 6.00. The summed E-state index contributed by atoms with van der Waals surface area (Å²) in [6, 6.07) is 7.63. The van der Waals surface area contributed by atoms with Crippen molar-refractivity contribution in [2.75, 3.05) is 26.2 Å². The lowest BCUT2D eigenvalue weighted by atomic mass is 10.1. The summed E-state index contributed by atoms with van der Waals surface area (Å²) in [4.78, 5) is 2.26. The van der Waals surface area contributed by atoms with Crippen molar-refractivity contribution in [3.8, 4) is 5.75 Å². The number of aliphatic hydroxyl groups is 1. The summed E-state index contributed by atoms with van der Waals surface area (Å²) >= 11 is 0. The lowest BCUT2D eigenvalue weighted by molar-refractivity contribution is -0.0767. The van der Waals surface area contributed by atoms with E-state index in [4.69, 9.17) is 9.47 Å². The van der Waals surface area contributed by atoms with Gasteiger partial charge in [0, 0.05) is 19.6 Å². The minimum absolute atomic E-state index is 0.217. The molecule has 2 rings (SSSR count). The molecule has 0 saturated carbocycles. The van der Waals surface area contributed by atoms with Crippen LogP contribution in [0.3, 0.4) is 0 Å². The molecule has 0 amide bonds. The summed E-state index contributed by atoms with van der Waals surface area (Å²) in [7, 11) is 0. The highest BCUT2D eigenvalue weighted by molar-refractivity contribution is 5.29. The van der Waals surface area contributed by atoms with Crippen molar-refractivity contribution in [2.24, 2.45) is 0 Å². The highest BCUT2D eigenvalue weighted by atomic mass is 16.5. The molecule has 4 nitrogen and oxygen atoms in total. The molecule has 4 heteroatoms. The number of nitrogens with zero attached hydrogens (tertiary/aromatic N) is 1. The van der Waals surface area contributed by atoms with Gasteiger partial charge in [0.05, 0.1) is 18.3 Å². The number of hydrogen-bond donors (Lipinski definition) is 1. The van der Waals surface area contributed by atoms with E-state index in [1.807, 2.05) is 31.2 Å². The molecule has 0 bridgehead atoms. The van der Waals surface area contributed by atoms with Gasteiger partial charge in [-0.2, -0.15) is 0 Å². The van der Waals surface area contributed by atoms with Gasteiger partial charge in [0.15, 0.2) is 0 Å². The van der Waals surface area contributed by atoms with Gasteiger partial charge in [0.1, 0.15) is 12.4 Å². The zero-order valence-corrected chi connectivity index (χ0v) is 13.8. The summed E-state index contributed by atoms with van der Waals surface area (Å²) in [5, 5.41) is 10.4. The number of ether oxygens (including phenoxy) is 2. The maximum atomic E-state index is 10.4. The standard InChI is InChI=1S/C18H27NO3/c1-13(2)12-21-17-7-5-16(6-8-17)18(20)11-19-9-14(3)22-15(4)10-19/h5-8,14-15,18,20H,1,9-12H2,2-4H3. The summed E-state index contributed by atoms with van der Waals surface area (Å²) in [6.07, 6.45) is -0.0598. The topological polar surface area (TPSA) is 41.9 Å². The van der Waals surface area contributed by atoms with Gasteiger partial charge in [-0.3, -0.25) is 4.90 Å². The quantitative estimate of drug-likeness (QED) is 0.821. The Morgan fingerprint density at radius 2 is 1.91 bits per heavy atom. The van der Waals surface area contributed by atoms with Gasteiger partial charge >= 0.3 is 0 Å². The lowest BCUT2D eigenvalue weighted by Gasteiger charge is -2.36. The van der Waals surface area contributed by atoms with Gasteiger partial charge in [0.25, 0.3) is 0 Å². The van der Waals surface area contributed by atoms with Crippen LogP contribution in [0.15, 0.2) is 36.4 Å². The highest BCUT2D eigenvalue weighted by Crippen LogP contribution is 2.21. The third-order valence-corrected chi connectivity index (χ3v) is 3.68. The van der Waals surface area contributed by atoms with Crippen molar-refractivity contribution in [3.63, 3.8) is 0 Å². The first-order valence-electron chi connectivity index (χ1n) is 7.87. The Morgan fingerprint density at radius 1 is 1.32 bits per heavy atom. The predicted molar refractivity (Wildman–Crippen MR) is 88.2 cm³/mol. The molecule has 0 aliphatic carbocycles. The molecule has 1 aliphatic heterocycles. The van der Waals surface area contributed by atoms with E-state index in [2.05, 4.69) is 25.3 Å². The van der Waals surface area contributed by atoms with Gasteiger partial charge in [-0.15, -0.1) is 0 Å². The molecule has 0 radical (unpaired) electrons. The van der Waals surface area contributed by atoms with Crippen LogP contribution in [-0.2, 0) is 4.74 Å². The molecule has 0 spiro atoms. The Bertz CT molecular complexity index is 476. The number of hydrogen-bond acceptors (Lipinski definition) is 4. The molecule has 22 heavy (non-hydrogen) atoms. The Hall–Kier alpha value is -1.36. The first-order valence-corrected chi connectivity index (χ1v) is 7.87. The van der Waals surface area contributed by atoms with Crippen LogP contribution >= 0.6 is 0 Å². The molecule has 1 aromatic carbocycles. The number of benzene rings is 1. The van der Waals surface area contributed by atoms with Crippen molar-refractivity contribution in [3.05, 3.63) is 42.0 Å². The molecule has 122 valence electrons. The third kappa shape index (κ3) is 5.13. The average molecular weight is 305 g/mol. The molecule has 3 atom stereocenters. The van der Waals surface area contributed by atoms with Crippen LogP contribution in [0.25, 0.3) is 0 Å². The fourth-order valence-corrected chi connectivity index (χ4v) is 2.78. The molecule has 0 aromatic heterocycles. The second-order valence-electron chi connectivity index (χ2n) is 6.31. The third-order valence-electron chi connectivity index (χ3n) is 3.68. The van der Waals surface area contributed by atoms with E-state index in [1.54, 1.807) is 0 Å². The van der Waals surface area contributed by atoms with Gasteiger partial charge in [-0.25, -0.2) is 0 Å². The van der Waals surface area contributed by atoms with Crippen molar-refractivity contribution >= 4 is 0 Å². The number of β-amino-alcohol motifs (C(OH)–C–C–N with tert-alkyl or cyclic N) is 1. The molecule has 1 heterocycles. The van der Waals surface area contributed by atoms with E-state index in [0.29, 0.717) is 13.2 Å². The van der Waals surface area contributed by atoms with Crippen LogP contribution in [0.2, 0.25) is 0 Å². The minimum atomic E-state index is -0.493. The molecule has 3 unspecified atom stereocenters. The minimum Gasteiger partial charge on any atom is -0.489 e. The van der Waals surface area contributed by atoms with Crippen molar-refractivity contribution in [1.82, 2.24) is 4.90 Å². The average Bonchev–Trinajstić information content (AvgIpc) is 2.44. The van der Waals surface area contributed by atoms with Crippen molar-refractivity contribution < 1.29 is 14.6 Å². The molecule has 1 saturated heterocycles. The maximum absolute atomic E-state index is 10.4. The van der Waals surface area contributed by atoms with E-state index < -0.39 is 6.10 Å². The van der Waals surface area contributed by atoms with Gasteiger partial charge in [-0.1, -0.05) is 18.7 Å². The summed E-state index contributed by atoms with van der Waals surface area (Å²) in [5.74, 6) is 0.799. The highest BCUT2D eigenvalue weighted by Gasteiger charge is 2.24. The summed E-state index contributed by atoms with van der Waals surface area (Å²) < 4.78 is 11.3.